The molecule has 6 nitrogen and oxygen atoms in total. The first-order valence-electron chi connectivity index (χ1n) is 8.49. The molecule has 2 aromatic heterocycles. The summed E-state index contributed by atoms with van der Waals surface area (Å²) in [5.74, 6) is 3.88. The second kappa shape index (κ2) is 9.41. The van der Waals surface area contributed by atoms with Crippen LogP contribution >= 0.6 is 47.1 Å². The molecule has 0 bridgehead atoms. The molecule has 0 aliphatic carbocycles. The number of hydrogen-bond acceptors (Lipinski definition) is 5. The van der Waals surface area contributed by atoms with E-state index < -0.39 is 0 Å². The molecule has 3 rings (SSSR count). The van der Waals surface area contributed by atoms with Gasteiger partial charge in [-0.2, -0.15) is 11.8 Å². The third kappa shape index (κ3) is 5.59. The fourth-order valence-electron chi connectivity index (χ4n) is 2.78. The SMILES string of the molecule is Cc1nnc(CN=C(NCc2cccs2)N2CCSC(C)(C)C2)n1C.I. The number of thiophene rings is 1. The maximum Gasteiger partial charge on any atom is 0.194 e. The van der Waals surface area contributed by atoms with Crippen molar-refractivity contribution in [3.63, 3.8) is 0 Å². The predicted molar refractivity (Wildman–Crippen MR) is 122 cm³/mol. The van der Waals surface area contributed by atoms with E-state index in [-0.39, 0.29) is 28.7 Å². The maximum atomic E-state index is 4.86. The first kappa shape index (κ1) is 21.5. The van der Waals surface area contributed by atoms with Gasteiger partial charge in [0.15, 0.2) is 11.8 Å². The van der Waals surface area contributed by atoms with Gasteiger partial charge in [-0.3, -0.25) is 0 Å². The predicted octanol–water partition coefficient (Wildman–Crippen LogP) is 3.28. The minimum atomic E-state index is 0. The van der Waals surface area contributed by atoms with Gasteiger partial charge in [0.25, 0.3) is 0 Å². The number of aromatic nitrogens is 3. The molecule has 0 aromatic carbocycles. The first-order chi connectivity index (χ1) is 11.9. The van der Waals surface area contributed by atoms with Crippen molar-refractivity contribution in [3.8, 4) is 0 Å². The summed E-state index contributed by atoms with van der Waals surface area (Å²) in [6, 6.07) is 4.23. The van der Waals surface area contributed by atoms with Crippen LogP contribution in [0.4, 0.5) is 0 Å². The van der Waals surface area contributed by atoms with Gasteiger partial charge in [-0.25, -0.2) is 4.99 Å². The Hall–Kier alpha value is -0.810. The number of aliphatic imine (C=N–C) groups is 1. The molecule has 9 heteroatoms. The minimum absolute atomic E-state index is 0. The smallest absolute Gasteiger partial charge is 0.194 e. The number of aryl methyl sites for hydroxylation is 1. The quantitative estimate of drug-likeness (QED) is 0.392. The average molecular weight is 506 g/mol. The van der Waals surface area contributed by atoms with Gasteiger partial charge in [-0.05, 0) is 32.2 Å². The number of rotatable bonds is 4. The van der Waals surface area contributed by atoms with Crippen LogP contribution in [0.5, 0.6) is 0 Å². The summed E-state index contributed by atoms with van der Waals surface area (Å²) in [5, 5.41) is 14.0. The zero-order valence-corrected chi connectivity index (χ0v) is 19.7. The van der Waals surface area contributed by atoms with Gasteiger partial charge in [0.2, 0.25) is 0 Å². The number of nitrogens with one attached hydrogen (secondary N) is 1. The number of thioether (sulfide) groups is 1. The van der Waals surface area contributed by atoms with Gasteiger partial charge >= 0.3 is 0 Å². The highest BCUT2D eigenvalue weighted by Gasteiger charge is 2.28. The van der Waals surface area contributed by atoms with Crippen molar-refractivity contribution in [1.82, 2.24) is 25.0 Å². The van der Waals surface area contributed by atoms with Gasteiger partial charge in [0.1, 0.15) is 12.4 Å². The van der Waals surface area contributed by atoms with E-state index in [2.05, 4.69) is 51.8 Å². The molecular formula is C17H27IN6S2. The fraction of sp³-hybridized carbons (Fsp3) is 0.588. The highest BCUT2D eigenvalue weighted by molar-refractivity contribution is 14.0. The molecule has 1 aliphatic rings. The molecule has 1 saturated heterocycles. The summed E-state index contributed by atoms with van der Waals surface area (Å²) in [5.41, 5.74) is 0. The molecule has 26 heavy (non-hydrogen) atoms. The molecule has 0 atom stereocenters. The Kier molecular flexibility index (Phi) is 7.77. The Morgan fingerprint density at radius 3 is 2.81 bits per heavy atom. The van der Waals surface area contributed by atoms with E-state index in [0.29, 0.717) is 6.54 Å². The number of hydrogen-bond donors (Lipinski definition) is 1. The van der Waals surface area contributed by atoms with E-state index in [0.717, 1.165) is 43.0 Å². The Bertz CT molecular complexity index is 726. The molecule has 1 aliphatic heterocycles. The number of nitrogens with zero attached hydrogens (tertiary/aromatic N) is 5. The molecule has 3 heterocycles. The van der Waals surface area contributed by atoms with Crippen LogP contribution in [0.15, 0.2) is 22.5 Å². The standard InChI is InChI=1S/C17H26N6S2.HI/c1-13-20-21-15(22(13)4)11-19-16(18-10-14-6-5-8-24-14)23-7-9-25-17(2,3)12-23;/h5-6,8H,7,9-12H2,1-4H3,(H,18,19);1H. The zero-order valence-electron chi connectivity index (χ0n) is 15.7. The van der Waals surface area contributed by atoms with Gasteiger partial charge in [0.05, 0.1) is 6.54 Å². The van der Waals surface area contributed by atoms with Crippen molar-refractivity contribution >= 4 is 53.0 Å². The lowest BCUT2D eigenvalue weighted by Crippen LogP contribution is -2.50. The topological polar surface area (TPSA) is 58.3 Å². The normalized spacial score (nSPS) is 17.1. The summed E-state index contributed by atoms with van der Waals surface area (Å²) < 4.78 is 2.24. The first-order valence-corrected chi connectivity index (χ1v) is 10.4. The van der Waals surface area contributed by atoms with Crippen LogP contribution in [-0.2, 0) is 20.1 Å². The lowest BCUT2D eigenvalue weighted by molar-refractivity contribution is 0.374. The van der Waals surface area contributed by atoms with Gasteiger partial charge in [0, 0.05) is 35.5 Å². The van der Waals surface area contributed by atoms with E-state index in [9.17, 15) is 0 Å². The van der Waals surface area contributed by atoms with Crippen LogP contribution in [0, 0.1) is 6.92 Å². The van der Waals surface area contributed by atoms with Crippen LogP contribution in [0.25, 0.3) is 0 Å². The summed E-state index contributed by atoms with van der Waals surface area (Å²) in [6.07, 6.45) is 0. The maximum absolute atomic E-state index is 4.86. The van der Waals surface area contributed by atoms with Gasteiger partial charge < -0.3 is 14.8 Å². The summed E-state index contributed by atoms with van der Waals surface area (Å²) >= 11 is 3.79. The summed E-state index contributed by atoms with van der Waals surface area (Å²) in [4.78, 5) is 8.54. The fourth-order valence-corrected chi connectivity index (χ4v) is 4.53. The average Bonchev–Trinajstić information content (AvgIpc) is 3.19. The molecule has 2 aromatic rings. The number of halogens is 1. The Balaban J connectivity index is 0.00000243. The van der Waals surface area contributed by atoms with E-state index in [1.165, 1.54) is 4.88 Å². The molecule has 0 radical (unpaired) electrons. The van der Waals surface area contributed by atoms with Crippen LogP contribution < -0.4 is 5.32 Å². The minimum Gasteiger partial charge on any atom is -0.351 e. The van der Waals surface area contributed by atoms with Gasteiger partial charge in [-0.1, -0.05) is 6.07 Å². The van der Waals surface area contributed by atoms with Crippen LogP contribution in [0.3, 0.4) is 0 Å². The van der Waals surface area contributed by atoms with Crippen LogP contribution in [0.1, 0.15) is 30.4 Å². The Morgan fingerprint density at radius 1 is 1.38 bits per heavy atom. The molecule has 144 valence electrons. The molecule has 0 spiro atoms. The van der Waals surface area contributed by atoms with Crippen molar-refractivity contribution < 1.29 is 0 Å². The summed E-state index contributed by atoms with van der Waals surface area (Å²) in [7, 11) is 1.99. The molecule has 0 amide bonds. The lowest BCUT2D eigenvalue weighted by Gasteiger charge is -2.39. The largest absolute Gasteiger partial charge is 0.351 e. The van der Waals surface area contributed by atoms with Crippen molar-refractivity contribution in [1.29, 1.82) is 0 Å². The highest BCUT2D eigenvalue weighted by Crippen LogP contribution is 2.29. The second-order valence-corrected chi connectivity index (χ2v) is 9.66. The van der Waals surface area contributed by atoms with Crippen molar-refractivity contribution in [2.24, 2.45) is 12.0 Å². The molecule has 0 unspecified atom stereocenters. The number of guanidine groups is 1. The molecule has 1 N–H and O–H groups in total. The van der Waals surface area contributed by atoms with Crippen LogP contribution in [0.2, 0.25) is 0 Å². The van der Waals surface area contributed by atoms with Gasteiger partial charge in [-0.15, -0.1) is 45.5 Å². The summed E-state index contributed by atoms with van der Waals surface area (Å²) in [6.45, 7) is 9.90. The van der Waals surface area contributed by atoms with E-state index in [1.807, 2.05) is 30.3 Å². The zero-order chi connectivity index (χ0) is 17.9. The van der Waals surface area contributed by atoms with E-state index in [1.54, 1.807) is 11.3 Å². The molecule has 0 saturated carbocycles. The Morgan fingerprint density at radius 2 is 2.19 bits per heavy atom. The van der Waals surface area contributed by atoms with E-state index in [4.69, 9.17) is 4.99 Å². The monoisotopic (exact) mass is 506 g/mol. The van der Waals surface area contributed by atoms with Crippen molar-refractivity contribution in [2.45, 2.75) is 38.6 Å². The van der Waals surface area contributed by atoms with Crippen molar-refractivity contribution in [3.05, 3.63) is 34.0 Å². The third-order valence-electron chi connectivity index (χ3n) is 4.28. The Labute approximate surface area is 180 Å². The van der Waals surface area contributed by atoms with Crippen LogP contribution in [-0.4, -0.2) is 49.2 Å². The highest BCUT2D eigenvalue weighted by atomic mass is 127. The third-order valence-corrected chi connectivity index (χ3v) is 6.45. The van der Waals surface area contributed by atoms with E-state index >= 15 is 0 Å². The molecule has 1 fully saturated rings. The second-order valence-electron chi connectivity index (χ2n) is 6.82. The lowest BCUT2D eigenvalue weighted by atomic mass is 10.2. The molecular weight excluding hydrogens is 479 g/mol. The van der Waals surface area contributed by atoms with Crippen molar-refractivity contribution in [2.75, 3.05) is 18.8 Å².